The lowest BCUT2D eigenvalue weighted by atomic mass is 10.1. The van der Waals surface area contributed by atoms with E-state index in [1.165, 1.54) is 0 Å². The van der Waals surface area contributed by atoms with Crippen LogP contribution >= 0.6 is 15.9 Å². The van der Waals surface area contributed by atoms with Crippen molar-refractivity contribution in [3.63, 3.8) is 0 Å². The lowest BCUT2D eigenvalue weighted by Crippen LogP contribution is -2.44. The fourth-order valence-corrected chi connectivity index (χ4v) is 3.72. The number of halogens is 1. The molecule has 1 aromatic carbocycles. The van der Waals surface area contributed by atoms with E-state index in [4.69, 9.17) is 9.47 Å². The number of rotatable bonds is 5. The first-order chi connectivity index (χ1) is 14.1. The summed E-state index contributed by atoms with van der Waals surface area (Å²) < 4.78 is 12.5. The van der Waals surface area contributed by atoms with Crippen LogP contribution in [0.15, 0.2) is 34.9 Å². The summed E-state index contributed by atoms with van der Waals surface area (Å²) in [5, 5.41) is 3.65. The Morgan fingerprint density at radius 3 is 2.50 bits per heavy atom. The minimum Gasteiger partial charge on any atom is -0.489 e. The maximum Gasteiger partial charge on any atom is 0.410 e. The van der Waals surface area contributed by atoms with Crippen molar-refractivity contribution >= 4 is 38.7 Å². The van der Waals surface area contributed by atoms with Gasteiger partial charge in [0.05, 0.1) is 15.9 Å². The summed E-state index contributed by atoms with van der Waals surface area (Å²) in [4.78, 5) is 29.4. The largest absolute Gasteiger partial charge is 0.489 e. The molecule has 1 saturated heterocycles. The van der Waals surface area contributed by atoms with Crippen LogP contribution in [-0.2, 0) is 4.74 Å². The second-order valence-corrected chi connectivity index (χ2v) is 9.25. The number of ether oxygens (including phenoxy) is 2. The number of piperidine rings is 1. The smallest absolute Gasteiger partial charge is 0.410 e. The van der Waals surface area contributed by atoms with Gasteiger partial charge in [-0.2, -0.15) is 0 Å². The number of likely N-dealkylation sites (N-methyl/N-ethyl adjacent to an activating group) is 1. The third-order valence-electron chi connectivity index (χ3n) is 4.88. The number of aromatic amines is 1. The Balaban J connectivity index is 1.66. The van der Waals surface area contributed by atoms with Gasteiger partial charge in [-0.3, -0.25) is 4.79 Å². The number of H-pyrrole nitrogens is 1. The van der Waals surface area contributed by atoms with Crippen molar-refractivity contribution in [3.8, 4) is 5.75 Å². The molecule has 0 saturated carbocycles. The van der Waals surface area contributed by atoms with E-state index in [-0.39, 0.29) is 18.0 Å². The maximum absolute atomic E-state index is 12.3. The Kier molecular flexibility index (Phi) is 6.45. The van der Waals surface area contributed by atoms with Crippen LogP contribution in [0.3, 0.4) is 0 Å². The van der Waals surface area contributed by atoms with Crippen LogP contribution in [0.2, 0.25) is 0 Å². The average Bonchev–Trinajstić information content (AvgIpc) is 3.08. The van der Waals surface area contributed by atoms with Gasteiger partial charge in [-0.25, -0.2) is 4.79 Å². The van der Waals surface area contributed by atoms with Crippen LogP contribution in [0.4, 0.5) is 4.79 Å². The lowest BCUT2D eigenvalue weighted by molar-refractivity contribution is 0.0126. The van der Waals surface area contributed by atoms with Crippen molar-refractivity contribution in [1.82, 2.24) is 15.2 Å². The van der Waals surface area contributed by atoms with Gasteiger partial charge in [-0.1, -0.05) is 6.58 Å². The van der Waals surface area contributed by atoms with E-state index in [2.05, 4.69) is 32.8 Å². The number of amides is 1. The van der Waals surface area contributed by atoms with E-state index in [1.807, 2.05) is 32.9 Å². The van der Waals surface area contributed by atoms with E-state index < -0.39 is 5.60 Å². The third kappa shape index (κ3) is 5.16. The van der Waals surface area contributed by atoms with Crippen LogP contribution in [0.1, 0.15) is 44.1 Å². The highest BCUT2D eigenvalue weighted by Gasteiger charge is 2.28. The number of aromatic nitrogens is 1. The minimum atomic E-state index is -0.499. The Morgan fingerprint density at radius 1 is 1.23 bits per heavy atom. The molecule has 162 valence electrons. The van der Waals surface area contributed by atoms with Gasteiger partial charge >= 0.3 is 6.09 Å². The van der Waals surface area contributed by atoms with Crippen molar-refractivity contribution in [1.29, 1.82) is 0 Å². The number of nitrogens with zero attached hydrogens (tertiary/aromatic N) is 1. The number of nitrogens with one attached hydrogen (secondary N) is 2. The molecule has 1 amide bonds. The van der Waals surface area contributed by atoms with Gasteiger partial charge in [-0.15, -0.1) is 0 Å². The zero-order valence-corrected chi connectivity index (χ0v) is 19.4. The number of fused-ring (bicyclic) bond motifs is 1. The molecule has 8 heteroatoms. The molecule has 0 unspecified atom stereocenters. The number of carbonyl (C=O) groups excluding carboxylic acids is 2. The van der Waals surface area contributed by atoms with Gasteiger partial charge < -0.3 is 24.7 Å². The molecule has 0 bridgehead atoms. The summed E-state index contributed by atoms with van der Waals surface area (Å²) >= 11 is 3.56. The molecule has 0 atom stereocenters. The molecule has 1 aliphatic rings. The molecule has 7 nitrogen and oxygen atoms in total. The first-order valence-corrected chi connectivity index (χ1v) is 10.7. The van der Waals surface area contributed by atoms with Gasteiger partial charge in [0, 0.05) is 43.9 Å². The van der Waals surface area contributed by atoms with Crippen LogP contribution in [-0.4, -0.2) is 53.6 Å². The van der Waals surface area contributed by atoms with Crippen molar-refractivity contribution in [2.45, 2.75) is 45.3 Å². The number of Topliss-reactive ketones (excluding diaryl/α,β-unsaturated/α-hetero) is 1. The van der Waals surface area contributed by atoms with Crippen molar-refractivity contribution in [3.05, 3.63) is 40.6 Å². The second kappa shape index (κ2) is 8.71. The number of likely N-dealkylation sites (tertiary alicyclic amines) is 1. The Bertz CT molecular complexity index is 969. The molecule has 3 rings (SSSR count). The fourth-order valence-electron chi connectivity index (χ4n) is 3.28. The molecular formula is C22H28BrN3O4. The number of benzene rings is 1. The second-order valence-electron chi connectivity index (χ2n) is 8.40. The Morgan fingerprint density at radius 2 is 1.90 bits per heavy atom. The van der Waals surface area contributed by atoms with Gasteiger partial charge in [-0.05, 0) is 54.9 Å². The third-order valence-corrected chi connectivity index (χ3v) is 5.50. The molecule has 0 radical (unpaired) electrons. The predicted molar refractivity (Wildman–Crippen MR) is 120 cm³/mol. The maximum atomic E-state index is 12.3. The van der Waals surface area contributed by atoms with Crippen molar-refractivity contribution in [2.24, 2.45) is 0 Å². The lowest BCUT2D eigenvalue weighted by Gasteiger charge is -2.33. The molecule has 1 fully saturated rings. The molecule has 0 spiro atoms. The van der Waals surface area contributed by atoms with E-state index in [0.29, 0.717) is 30.2 Å². The van der Waals surface area contributed by atoms with E-state index in [9.17, 15) is 9.59 Å². The standard InChI is InChI=1S/C22H28BrN3O4/c1-13(24-5)20(27)18-10-14-11-19(16(23)12-17(14)25-18)29-15-6-8-26(9-7-15)21(28)30-22(2,3)4/h10-12,15,24-25H,1,6-9H2,2-5H3. The van der Waals surface area contributed by atoms with E-state index in [1.54, 1.807) is 18.0 Å². The van der Waals surface area contributed by atoms with Crippen molar-refractivity contribution < 1.29 is 19.1 Å². The molecule has 30 heavy (non-hydrogen) atoms. The van der Waals surface area contributed by atoms with Crippen molar-refractivity contribution in [2.75, 3.05) is 20.1 Å². The quantitative estimate of drug-likeness (QED) is 0.484. The Hall–Kier alpha value is -2.48. The predicted octanol–water partition coefficient (Wildman–Crippen LogP) is 4.62. The first kappa shape index (κ1) is 22.2. The highest BCUT2D eigenvalue weighted by Crippen LogP contribution is 2.33. The molecule has 2 aromatic rings. The molecule has 2 N–H and O–H groups in total. The highest BCUT2D eigenvalue weighted by atomic mass is 79.9. The number of ketones is 1. The zero-order valence-electron chi connectivity index (χ0n) is 17.8. The summed E-state index contributed by atoms with van der Waals surface area (Å²) in [6, 6.07) is 5.61. The molecule has 1 aromatic heterocycles. The summed E-state index contributed by atoms with van der Waals surface area (Å²) in [7, 11) is 1.67. The van der Waals surface area contributed by atoms with Crippen LogP contribution in [0.5, 0.6) is 5.75 Å². The monoisotopic (exact) mass is 477 g/mol. The summed E-state index contributed by atoms with van der Waals surface area (Å²) in [5.41, 5.74) is 1.13. The SMILES string of the molecule is C=C(NC)C(=O)c1cc2cc(OC3CCN(C(=O)OC(C)(C)C)CC3)c(Br)cc2[nH]1. The van der Waals surface area contributed by atoms with Gasteiger partial charge in [0.25, 0.3) is 0 Å². The highest BCUT2D eigenvalue weighted by molar-refractivity contribution is 9.10. The molecule has 2 heterocycles. The summed E-state index contributed by atoms with van der Waals surface area (Å²) in [6.07, 6.45) is 1.17. The zero-order chi connectivity index (χ0) is 22.1. The van der Waals surface area contributed by atoms with Gasteiger partial charge in [0.2, 0.25) is 5.78 Å². The normalized spacial score (nSPS) is 15.2. The fraction of sp³-hybridized carbons (Fsp3) is 0.455. The number of hydrogen-bond acceptors (Lipinski definition) is 5. The van der Waals surface area contributed by atoms with E-state index >= 15 is 0 Å². The van der Waals surface area contributed by atoms with Gasteiger partial charge in [0.15, 0.2) is 0 Å². The first-order valence-electron chi connectivity index (χ1n) is 9.95. The average molecular weight is 478 g/mol. The summed E-state index contributed by atoms with van der Waals surface area (Å²) in [5.74, 6) is 0.533. The number of allylic oxidation sites excluding steroid dienone is 1. The molecular weight excluding hydrogens is 450 g/mol. The Labute approximate surface area is 184 Å². The van der Waals surface area contributed by atoms with Crippen LogP contribution < -0.4 is 10.1 Å². The van der Waals surface area contributed by atoms with Crippen LogP contribution in [0.25, 0.3) is 10.9 Å². The molecule has 0 aliphatic carbocycles. The number of hydrogen-bond donors (Lipinski definition) is 2. The topological polar surface area (TPSA) is 83.7 Å². The van der Waals surface area contributed by atoms with Gasteiger partial charge in [0.1, 0.15) is 17.5 Å². The minimum absolute atomic E-state index is 0.00144. The number of carbonyl (C=O) groups is 2. The summed E-state index contributed by atoms with van der Waals surface area (Å²) in [6.45, 7) is 10.5. The van der Waals surface area contributed by atoms with E-state index in [0.717, 1.165) is 28.2 Å². The van der Waals surface area contributed by atoms with Crippen LogP contribution in [0, 0.1) is 0 Å². The molecule has 1 aliphatic heterocycles.